The van der Waals surface area contributed by atoms with Gasteiger partial charge in [-0.05, 0) is 36.4 Å². The maximum Gasteiger partial charge on any atom is 0.258 e. The molecule has 0 spiro atoms. The van der Waals surface area contributed by atoms with E-state index >= 15 is 0 Å². The third kappa shape index (κ3) is 7.22. The quantitative estimate of drug-likeness (QED) is 0.392. The minimum absolute atomic E-state index is 0.129. The Morgan fingerprint density at radius 3 is 2.28 bits per heavy atom. The molecule has 4 nitrogen and oxygen atoms in total. The van der Waals surface area contributed by atoms with Gasteiger partial charge in [0.05, 0.1) is 21.3 Å². The first kappa shape index (κ1) is 27.9. The highest BCUT2D eigenvalue weighted by Gasteiger charge is 2.15. The summed E-state index contributed by atoms with van der Waals surface area (Å²) in [5.41, 5.74) is 1.87. The Morgan fingerprint density at radius 1 is 1.12 bits per heavy atom. The van der Waals surface area contributed by atoms with Gasteiger partial charge in [-0.3, -0.25) is 9.00 Å². The van der Waals surface area contributed by atoms with Crippen molar-refractivity contribution in [2.24, 2.45) is 0 Å². The highest BCUT2D eigenvalue weighted by molar-refractivity contribution is 7.84. The highest BCUT2D eigenvalue weighted by atomic mass is 35.5. The van der Waals surface area contributed by atoms with Crippen molar-refractivity contribution in [3.63, 3.8) is 0 Å². The first-order valence-electron chi connectivity index (χ1n) is 10.5. The molecule has 1 heterocycles. The molecule has 1 unspecified atom stereocenters. The van der Waals surface area contributed by atoms with Crippen LogP contribution in [0, 0.1) is 5.82 Å². The summed E-state index contributed by atoms with van der Waals surface area (Å²) < 4.78 is 25.6. The number of hydrogen-bond acceptors (Lipinski definition) is 4. The number of nitrogens with zero attached hydrogens (tertiary/aromatic N) is 1. The maximum absolute atomic E-state index is 14.2. The van der Waals surface area contributed by atoms with Crippen molar-refractivity contribution in [1.82, 2.24) is 4.98 Å². The number of halogens is 2. The number of rotatable bonds is 5. The van der Waals surface area contributed by atoms with Crippen LogP contribution in [0.1, 0.15) is 62.8 Å². The average Bonchev–Trinajstić information content (AvgIpc) is 3.27. The van der Waals surface area contributed by atoms with Crippen molar-refractivity contribution in [3.05, 3.63) is 63.2 Å². The van der Waals surface area contributed by atoms with Crippen LogP contribution in [0.5, 0.6) is 0 Å². The lowest BCUT2D eigenvalue weighted by Crippen LogP contribution is -2.14. The molecule has 0 aliphatic rings. The summed E-state index contributed by atoms with van der Waals surface area (Å²) in [7, 11) is -1.32. The fourth-order valence-electron chi connectivity index (χ4n) is 2.53. The van der Waals surface area contributed by atoms with Crippen LogP contribution in [-0.2, 0) is 10.8 Å². The van der Waals surface area contributed by atoms with E-state index in [0.717, 1.165) is 22.3 Å². The molecule has 0 saturated carbocycles. The van der Waals surface area contributed by atoms with Gasteiger partial charge in [-0.1, -0.05) is 53.1 Å². The van der Waals surface area contributed by atoms with Gasteiger partial charge in [-0.2, -0.15) is 0 Å². The highest BCUT2D eigenvalue weighted by Crippen LogP contribution is 2.33. The van der Waals surface area contributed by atoms with Crippen molar-refractivity contribution < 1.29 is 13.4 Å². The zero-order chi connectivity index (χ0) is 24.4. The van der Waals surface area contributed by atoms with Crippen molar-refractivity contribution >= 4 is 45.3 Å². The minimum Gasteiger partial charge on any atom is -0.322 e. The molecule has 0 aliphatic heterocycles. The van der Waals surface area contributed by atoms with Gasteiger partial charge in [0.15, 0.2) is 0 Å². The van der Waals surface area contributed by atoms with Gasteiger partial charge in [-0.15, -0.1) is 11.3 Å². The van der Waals surface area contributed by atoms with Crippen molar-refractivity contribution in [3.8, 4) is 11.3 Å². The molecular weight excluding hydrogens is 467 g/mol. The van der Waals surface area contributed by atoms with Gasteiger partial charge in [0.2, 0.25) is 0 Å². The first-order valence-corrected chi connectivity index (χ1v) is 13.3. The Bertz CT molecular complexity index is 1070. The lowest BCUT2D eigenvalue weighted by molar-refractivity contribution is 0.102. The summed E-state index contributed by atoms with van der Waals surface area (Å²) in [4.78, 5) is 17.3. The van der Waals surface area contributed by atoms with E-state index in [-0.39, 0.29) is 5.56 Å². The molecule has 0 fully saturated rings. The summed E-state index contributed by atoms with van der Waals surface area (Å²) >= 11 is 7.95. The van der Waals surface area contributed by atoms with E-state index in [1.165, 1.54) is 18.4 Å². The Morgan fingerprint density at radius 2 is 1.78 bits per heavy atom. The lowest BCUT2D eigenvalue weighted by Gasteiger charge is -2.09. The summed E-state index contributed by atoms with van der Waals surface area (Å²) in [5, 5.41) is 6.05. The van der Waals surface area contributed by atoms with Crippen LogP contribution in [0.3, 0.4) is 0 Å². The molecular formula is C24H30ClFN2O2S2. The van der Waals surface area contributed by atoms with Crippen LogP contribution in [0.25, 0.3) is 11.3 Å². The van der Waals surface area contributed by atoms with Gasteiger partial charge in [0, 0.05) is 44.5 Å². The van der Waals surface area contributed by atoms with Crippen LogP contribution in [0.15, 0.2) is 46.7 Å². The average molecular weight is 497 g/mol. The fraction of sp³-hybridized carbons (Fsp3) is 0.333. The minimum atomic E-state index is -1.32. The van der Waals surface area contributed by atoms with E-state index in [1.54, 1.807) is 29.5 Å². The third-order valence-corrected chi connectivity index (χ3v) is 6.41. The third-order valence-electron chi connectivity index (χ3n) is 4.04. The largest absolute Gasteiger partial charge is 0.322 e. The molecule has 1 atom stereocenters. The number of thiazole rings is 1. The molecule has 3 aromatic rings. The molecule has 32 heavy (non-hydrogen) atoms. The lowest BCUT2D eigenvalue weighted by atomic mass is 10.1. The second-order valence-electron chi connectivity index (χ2n) is 6.47. The van der Waals surface area contributed by atoms with Gasteiger partial charge >= 0.3 is 0 Å². The Balaban J connectivity index is 0.00000121. The fourth-order valence-corrected chi connectivity index (χ4v) is 4.18. The van der Waals surface area contributed by atoms with E-state index in [9.17, 15) is 13.4 Å². The monoisotopic (exact) mass is 496 g/mol. The number of anilines is 1. The summed E-state index contributed by atoms with van der Waals surface area (Å²) in [6.45, 7) is 12.2. The maximum atomic E-state index is 14.2. The predicted octanol–water partition coefficient (Wildman–Crippen LogP) is 7.77. The van der Waals surface area contributed by atoms with Crippen LogP contribution >= 0.6 is 22.9 Å². The van der Waals surface area contributed by atoms with Gasteiger partial charge in [-0.25, -0.2) is 9.37 Å². The van der Waals surface area contributed by atoms with Gasteiger partial charge in [0.1, 0.15) is 5.82 Å². The van der Waals surface area contributed by atoms with Crippen LogP contribution in [0.4, 0.5) is 10.1 Å². The van der Waals surface area contributed by atoms with E-state index in [0.29, 0.717) is 21.5 Å². The number of carbonyl (C=O) groups is 1. The first-order chi connectivity index (χ1) is 15.3. The van der Waals surface area contributed by atoms with Crippen LogP contribution in [-0.4, -0.2) is 21.4 Å². The van der Waals surface area contributed by atoms with Crippen LogP contribution < -0.4 is 5.32 Å². The molecule has 1 aromatic heterocycles. The normalized spacial score (nSPS) is 11.1. The predicted molar refractivity (Wildman–Crippen MR) is 136 cm³/mol. The number of nitrogens with one attached hydrogen (secondary N) is 1. The molecule has 1 amide bonds. The molecule has 2 aromatic carbocycles. The summed E-state index contributed by atoms with van der Waals surface area (Å²) in [6, 6.07) is 8.97. The molecule has 1 N–H and O–H groups in total. The molecule has 174 valence electrons. The molecule has 3 rings (SSSR count). The zero-order valence-electron chi connectivity index (χ0n) is 19.5. The SMILES string of the molecule is CC.CC.CC(C)c1nc(-c2ccc(NC(=O)c3ccc(S(C)=O)cc3F)cc2Cl)cs1. The second-order valence-corrected chi connectivity index (χ2v) is 9.15. The smallest absolute Gasteiger partial charge is 0.258 e. The Kier molecular flexibility index (Phi) is 11.8. The number of hydrogen-bond donors (Lipinski definition) is 1. The number of carbonyl (C=O) groups excluding carboxylic acids is 1. The summed E-state index contributed by atoms with van der Waals surface area (Å²) in [5.74, 6) is -0.996. The van der Waals surface area contributed by atoms with Gasteiger partial charge in [0.25, 0.3) is 5.91 Å². The molecule has 0 bridgehead atoms. The van der Waals surface area contributed by atoms with Gasteiger partial charge < -0.3 is 5.32 Å². The van der Waals surface area contributed by atoms with E-state index < -0.39 is 22.5 Å². The van der Waals surface area contributed by atoms with Crippen molar-refractivity contribution in [2.45, 2.75) is 52.4 Å². The molecule has 0 radical (unpaired) electrons. The van der Waals surface area contributed by atoms with Crippen molar-refractivity contribution in [2.75, 3.05) is 11.6 Å². The standard InChI is InChI=1S/C20H18ClFN2O2S2.2C2H6/c1-11(2)20-24-18(10-27-20)14-6-4-12(8-16(14)21)23-19(25)15-7-5-13(28(3)26)9-17(15)22;2*1-2/h4-11H,1-3H3,(H,23,25);2*1-2H3. The van der Waals surface area contributed by atoms with Crippen LogP contribution in [0.2, 0.25) is 5.02 Å². The van der Waals surface area contributed by atoms with Crippen molar-refractivity contribution in [1.29, 1.82) is 0 Å². The number of aromatic nitrogens is 1. The molecule has 0 saturated heterocycles. The number of amides is 1. The topological polar surface area (TPSA) is 59.1 Å². The molecule has 8 heteroatoms. The zero-order valence-corrected chi connectivity index (χ0v) is 21.8. The van der Waals surface area contributed by atoms with E-state index in [4.69, 9.17) is 11.6 Å². The number of benzene rings is 2. The summed E-state index contributed by atoms with van der Waals surface area (Å²) in [6.07, 6.45) is 1.45. The van der Waals surface area contributed by atoms with E-state index in [2.05, 4.69) is 24.1 Å². The Labute approximate surface area is 201 Å². The Hall–Kier alpha value is -2.09. The molecule has 0 aliphatic carbocycles. The second kappa shape index (κ2) is 13.5. The van der Waals surface area contributed by atoms with E-state index in [1.807, 2.05) is 33.1 Å².